The molecule has 0 aliphatic rings. The van der Waals surface area contributed by atoms with Gasteiger partial charge in [-0.1, -0.05) is 23.8 Å². The van der Waals surface area contributed by atoms with Crippen molar-refractivity contribution >= 4 is 11.7 Å². The lowest BCUT2D eigenvalue weighted by atomic mass is 10.1. The predicted molar refractivity (Wildman–Crippen MR) is 72.8 cm³/mol. The molecule has 1 aromatic carbocycles. The number of hydrogen-bond acceptors (Lipinski definition) is 2. The van der Waals surface area contributed by atoms with Crippen LogP contribution in [0, 0.1) is 20.8 Å². The number of carbonyl (C=O) groups is 1. The summed E-state index contributed by atoms with van der Waals surface area (Å²) in [4.78, 5) is 16.2. The highest BCUT2D eigenvalue weighted by Crippen LogP contribution is 2.13. The molecule has 3 nitrogen and oxygen atoms in total. The Morgan fingerprint density at radius 1 is 1.06 bits per heavy atom. The molecule has 92 valence electrons. The average molecular weight is 240 g/mol. The zero-order chi connectivity index (χ0) is 13.1. The van der Waals surface area contributed by atoms with Crippen LogP contribution in [-0.4, -0.2) is 10.9 Å². The number of anilines is 1. The second-order valence-corrected chi connectivity index (χ2v) is 4.49. The van der Waals surface area contributed by atoms with Crippen LogP contribution in [0.15, 0.2) is 36.5 Å². The fraction of sp³-hybridized carbons (Fsp3) is 0.200. The van der Waals surface area contributed by atoms with E-state index in [0.717, 1.165) is 16.7 Å². The van der Waals surface area contributed by atoms with Crippen molar-refractivity contribution in [3.8, 4) is 0 Å². The molecule has 0 aliphatic heterocycles. The van der Waals surface area contributed by atoms with Gasteiger partial charge < -0.3 is 5.32 Å². The summed E-state index contributed by atoms with van der Waals surface area (Å²) < 4.78 is 0. The van der Waals surface area contributed by atoms with Crippen molar-refractivity contribution in [1.29, 1.82) is 0 Å². The summed E-state index contributed by atoms with van der Waals surface area (Å²) in [5.41, 5.74) is 3.87. The lowest BCUT2D eigenvalue weighted by Crippen LogP contribution is -2.14. The van der Waals surface area contributed by atoms with Crippen LogP contribution in [-0.2, 0) is 0 Å². The Morgan fingerprint density at radius 2 is 1.78 bits per heavy atom. The predicted octanol–water partition coefficient (Wildman–Crippen LogP) is 3.26. The Morgan fingerprint density at radius 3 is 2.39 bits per heavy atom. The Bertz CT molecular complexity index is 574. The van der Waals surface area contributed by atoms with Crippen molar-refractivity contribution < 1.29 is 4.79 Å². The van der Waals surface area contributed by atoms with Gasteiger partial charge in [-0.2, -0.15) is 0 Å². The van der Waals surface area contributed by atoms with Gasteiger partial charge in [0, 0.05) is 11.8 Å². The smallest absolute Gasteiger partial charge is 0.257 e. The lowest BCUT2D eigenvalue weighted by molar-refractivity contribution is 0.102. The molecule has 2 aromatic rings. The number of nitrogens with zero attached hydrogens (tertiary/aromatic N) is 1. The molecule has 0 atom stereocenters. The Hall–Kier alpha value is -2.16. The van der Waals surface area contributed by atoms with Crippen LogP contribution in [0.3, 0.4) is 0 Å². The van der Waals surface area contributed by atoms with E-state index in [-0.39, 0.29) is 5.91 Å². The minimum absolute atomic E-state index is 0.121. The van der Waals surface area contributed by atoms with Gasteiger partial charge in [-0.15, -0.1) is 0 Å². The highest BCUT2D eigenvalue weighted by Gasteiger charge is 2.09. The van der Waals surface area contributed by atoms with E-state index >= 15 is 0 Å². The maximum atomic E-state index is 12.1. The fourth-order valence-corrected chi connectivity index (χ4v) is 1.79. The zero-order valence-corrected chi connectivity index (χ0v) is 10.8. The number of benzene rings is 1. The number of pyridine rings is 1. The molecule has 2 rings (SSSR count). The second-order valence-electron chi connectivity index (χ2n) is 4.49. The first-order valence-corrected chi connectivity index (χ1v) is 5.87. The molecule has 1 amide bonds. The van der Waals surface area contributed by atoms with Crippen molar-refractivity contribution in [3.63, 3.8) is 0 Å². The van der Waals surface area contributed by atoms with E-state index in [0.29, 0.717) is 11.4 Å². The van der Waals surface area contributed by atoms with E-state index in [4.69, 9.17) is 0 Å². The van der Waals surface area contributed by atoms with Gasteiger partial charge in [0.1, 0.15) is 5.82 Å². The van der Waals surface area contributed by atoms with Crippen molar-refractivity contribution in [2.24, 2.45) is 0 Å². The van der Waals surface area contributed by atoms with Crippen molar-refractivity contribution in [3.05, 3.63) is 58.8 Å². The molecule has 0 unspecified atom stereocenters. The van der Waals surface area contributed by atoms with E-state index in [9.17, 15) is 4.79 Å². The lowest BCUT2D eigenvalue weighted by Gasteiger charge is -2.07. The molecule has 1 aromatic heterocycles. The van der Waals surface area contributed by atoms with Gasteiger partial charge in [-0.05, 0) is 44.0 Å². The summed E-state index contributed by atoms with van der Waals surface area (Å²) in [5, 5.41) is 2.80. The Balaban J connectivity index is 2.19. The first-order valence-electron chi connectivity index (χ1n) is 5.87. The number of amides is 1. The highest BCUT2D eigenvalue weighted by molar-refractivity contribution is 6.04. The molecular formula is C15H16N2O. The van der Waals surface area contributed by atoms with Crippen molar-refractivity contribution in [2.75, 3.05) is 5.32 Å². The van der Waals surface area contributed by atoms with E-state index in [1.54, 1.807) is 12.3 Å². The van der Waals surface area contributed by atoms with Gasteiger partial charge in [0.2, 0.25) is 0 Å². The molecule has 18 heavy (non-hydrogen) atoms. The molecule has 0 fully saturated rings. The summed E-state index contributed by atoms with van der Waals surface area (Å²) in [5.74, 6) is 0.453. The molecular weight excluding hydrogens is 224 g/mol. The van der Waals surface area contributed by atoms with Crippen molar-refractivity contribution in [1.82, 2.24) is 4.98 Å². The normalized spacial score (nSPS) is 10.2. The van der Waals surface area contributed by atoms with E-state index in [1.165, 1.54) is 0 Å². The summed E-state index contributed by atoms with van der Waals surface area (Å²) in [6.45, 7) is 5.91. The van der Waals surface area contributed by atoms with Gasteiger partial charge in [0.25, 0.3) is 5.91 Å². The summed E-state index contributed by atoms with van der Waals surface area (Å²) >= 11 is 0. The third-order valence-electron chi connectivity index (χ3n) is 2.78. The number of rotatable bonds is 2. The van der Waals surface area contributed by atoms with E-state index < -0.39 is 0 Å². The van der Waals surface area contributed by atoms with E-state index in [2.05, 4.69) is 10.3 Å². The Kier molecular flexibility index (Phi) is 3.42. The molecule has 3 heteroatoms. The largest absolute Gasteiger partial charge is 0.307 e. The molecule has 0 saturated heterocycles. The molecule has 0 radical (unpaired) electrons. The van der Waals surface area contributed by atoms with Gasteiger partial charge in [-0.25, -0.2) is 4.98 Å². The minimum atomic E-state index is -0.121. The maximum absolute atomic E-state index is 12.1. The second kappa shape index (κ2) is 5.00. The monoisotopic (exact) mass is 240 g/mol. The molecule has 0 bridgehead atoms. The fourth-order valence-electron chi connectivity index (χ4n) is 1.79. The van der Waals surface area contributed by atoms with Gasteiger partial charge in [0.15, 0.2) is 0 Å². The molecule has 1 heterocycles. The molecule has 0 aliphatic carbocycles. The third kappa shape index (κ3) is 2.74. The SMILES string of the molecule is Cc1ccc(NC(=O)c2ccc(C)cc2C)nc1. The van der Waals surface area contributed by atoms with Crippen LogP contribution in [0.1, 0.15) is 27.0 Å². The quantitative estimate of drug-likeness (QED) is 0.875. The first-order chi connectivity index (χ1) is 8.56. The standard InChI is InChI=1S/C15H16N2O/c1-10-4-6-13(12(3)8-10)15(18)17-14-7-5-11(2)9-16-14/h4-9H,1-3H3,(H,16,17,18). The van der Waals surface area contributed by atoms with Crippen LogP contribution in [0.5, 0.6) is 0 Å². The first kappa shape index (κ1) is 12.3. The van der Waals surface area contributed by atoms with Crippen molar-refractivity contribution in [2.45, 2.75) is 20.8 Å². The van der Waals surface area contributed by atoms with Gasteiger partial charge in [0.05, 0.1) is 0 Å². The van der Waals surface area contributed by atoms with Crippen LogP contribution >= 0.6 is 0 Å². The van der Waals surface area contributed by atoms with Crippen LogP contribution < -0.4 is 5.32 Å². The topological polar surface area (TPSA) is 42.0 Å². The van der Waals surface area contributed by atoms with Crippen LogP contribution in [0.25, 0.3) is 0 Å². The number of nitrogens with one attached hydrogen (secondary N) is 1. The van der Waals surface area contributed by atoms with E-state index in [1.807, 2.05) is 45.0 Å². The van der Waals surface area contributed by atoms with Gasteiger partial charge in [-0.3, -0.25) is 4.79 Å². The molecule has 0 spiro atoms. The summed E-state index contributed by atoms with van der Waals surface area (Å²) in [6, 6.07) is 9.50. The summed E-state index contributed by atoms with van der Waals surface area (Å²) in [7, 11) is 0. The average Bonchev–Trinajstić information content (AvgIpc) is 2.32. The van der Waals surface area contributed by atoms with Gasteiger partial charge >= 0.3 is 0 Å². The van der Waals surface area contributed by atoms with Crippen LogP contribution in [0.4, 0.5) is 5.82 Å². The summed E-state index contributed by atoms with van der Waals surface area (Å²) in [6.07, 6.45) is 1.73. The zero-order valence-electron chi connectivity index (χ0n) is 10.8. The number of aromatic nitrogens is 1. The molecule has 1 N–H and O–H groups in total. The number of hydrogen-bond donors (Lipinski definition) is 1. The number of carbonyl (C=O) groups excluding carboxylic acids is 1. The van der Waals surface area contributed by atoms with Crippen LogP contribution in [0.2, 0.25) is 0 Å². The highest BCUT2D eigenvalue weighted by atomic mass is 16.1. The molecule has 0 saturated carbocycles. The number of aryl methyl sites for hydroxylation is 3. The minimum Gasteiger partial charge on any atom is -0.307 e. The maximum Gasteiger partial charge on any atom is 0.257 e. The Labute approximate surface area is 107 Å². The third-order valence-corrected chi connectivity index (χ3v) is 2.78.